The Kier molecular flexibility index (Phi) is 6.41. The number of piperidine rings is 2. The van der Waals surface area contributed by atoms with Crippen LogP contribution >= 0.6 is 0 Å². The quantitative estimate of drug-likeness (QED) is 0.322. The van der Waals surface area contributed by atoms with Crippen LogP contribution in [0.5, 0.6) is 0 Å². The number of benzene rings is 1. The molecule has 0 radical (unpaired) electrons. The van der Waals surface area contributed by atoms with E-state index in [9.17, 15) is 0 Å². The summed E-state index contributed by atoms with van der Waals surface area (Å²) in [6.45, 7) is 2.85. The van der Waals surface area contributed by atoms with Crippen molar-refractivity contribution in [2.75, 3.05) is 17.2 Å². The van der Waals surface area contributed by atoms with Gasteiger partial charge in [0.1, 0.15) is 5.82 Å². The molecule has 3 N–H and O–H groups in total. The average molecular weight is 494 g/mol. The fourth-order valence-corrected chi connectivity index (χ4v) is 5.93. The maximum Gasteiger partial charge on any atom is 0.225 e. The molecule has 9 nitrogen and oxygen atoms in total. The average Bonchev–Trinajstić information content (AvgIpc) is 3.32. The molecule has 0 saturated carbocycles. The highest BCUT2D eigenvalue weighted by atomic mass is 15.2. The van der Waals surface area contributed by atoms with Crippen molar-refractivity contribution in [2.24, 2.45) is 0 Å². The molecule has 2 fully saturated rings. The predicted octanol–water partition coefficient (Wildman–Crippen LogP) is 5.18. The third-order valence-corrected chi connectivity index (χ3v) is 7.59. The Morgan fingerprint density at radius 3 is 2.70 bits per heavy atom. The van der Waals surface area contributed by atoms with Crippen molar-refractivity contribution in [3.05, 3.63) is 54.5 Å². The van der Waals surface area contributed by atoms with Crippen LogP contribution in [0.1, 0.15) is 44.2 Å². The number of fused-ring (bicyclic) bond motifs is 3. The van der Waals surface area contributed by atoms with Gasteiger partial charge in [0.25, 0.3) is 0 Å². The summed E-state index contributed by atoms with van der Waals surface area (Å²) in [5.74, 6) is 2.07. The van der Waals surface area contributed by atoms with Gasteiger partial charge in [-0.2, -0.15) is 15.3 Å². The van der Waals surface area contributed by atoms with Crippen LogP contribution in [0.4, 0.5) is 17.6 Å². The van der Waals surface area contributed by atoms with Gasteiger partial charge in [0.05, 0.1) is 11.6 Å². The van der Waals surface area contributed by atoms with Crippen molar-refractivity contribution in [3.63, 3.8) is 0 Å². The van der Waals surface area contributed by atoms with E-state index in [2.05, 4.69) is 61.0 Å². The third kappa shape index (κ3) is 4.98. The highest BCUT2D eigenvalue weighted by Gasteiger charge is 2.38. The minimum Gasteiger partial charge on any atom is -0.351 e. The fraction of sp³-hybridized carbons (Fsp3) is 0.393. The first kappa shape index (κ1) is 23.4. The van der Waals surface area contributed by atoms with E-state index >= 15 is 0 Å². The summed E-state index contributed by atoms with van der Waals surface area (Å²) in [5.41, 5.74) is 3.95. The van der Waals surface area contributed by atoms with Crippen molar-refractivity contribution in [3.8, 4) is 17.2 Å². The Morgan fingerprint density at radius 2 is 1.97 bits per heavy atom. The van der Waals surface area contributed by atoms with E-state index in [1.54, 1.807) is 6.20 Å². The number of hydrogen-bond donors (Lipinski definition) is 3. The maximum absolute atomic E-state index is 9.10. The van der Waals surface area contributed by atoms with Gasteiger partial charge in [0.2, 0.25) is 5.95 Å². The lowest BCUT2D eigenvalue weighted by Crippen LogP contribution is -2.55. The van der Waals surface area contributed by atoms with E-state index < -0.39 is 0 Å². The standard InChI is InChI=1S/C28H31N9/c1-18-13-26(36-35-18)33-27-24-9-8-19(20-5-3-11-30-17-20)14-25(24)32-28(34-27)31-21-15-22-6-2-7-23(16-21)37(22)12-4-10-29/h3,5,8-9,11,13-14,17,21-23H,2,4,6-7,12,15-16H2,1H3,(H3,31,32,33,34,35,36)/t21?,22-,23+. The van der Waals surface area contributed by atoms with Gasteiger partial charge in [-0.15, -0.1) is 0 Å². The van der Waals surface area contributed by atoms with Crippen LogP contribution in [0.3, 0.4) is 0 Å². The van der Waals surface area contributed by atoms with Gasteiger partial charge < -0.3 is 10.6 Å². The minimum absolute atomic E-state index is 0.299. The first-order chi connectivity index (χ1) is 18.2. The Labute approximate surface area is 216 Å². The van der Waals surface area contributed by atoms with Crippen LogP contribution in [0.15, 0.2) is 48.8 Å². The molecule has 6 rings (SSSR count). The number of H-pyrrole nitrogens is 1. The molecule has 37 heavy (non-hydrogen) atoms. The van der Waals surface area contributed by atoms with Gasteiger partial charge in [-0.05, 0) is 56.4 Å². The zero-order valence-corrected chi connectivity index (χ0v) is 21.0. The maximum atomic E-state index is 9.10. The van der Waals surface area contributed by atoms with Gasteiger partial charge >= 0.3 is 0 Å². The Morgan fingerprint density at radius 1 is 1.11 bits per heavy atom. The van der Waals surface area contributed by atoms with E-state index in [0.29, 0.717) is 30.5 Å². The molecular formula is C28H31N9. The van der Waals surface area contributed by atoms with Crippen molar-refractivity contribution < 1.29 is 0 Å². The summed E-state index contributed by atoms with van der Waals surface area (Å²) < 4.78 is 0. The van der Waals surface area contributed by atoms with Gasteiger partial charge in [-0.25, -0.2) is 4.98 Å². The second kappa shape index (κ2) is 10.1. The number of hydrogen-bond acceptors (Lipinski definition) is 8. The summed E-state index contributed by atoms with van der Waals surface area (Å²) in [5, 5.41) is 24.4. The molecule has 3 atom stereocenters. The summed E-state index contributed by atoms with van der Waals surface area (Å²) in [6.07, 6.45) is 9.99. The number of nitriles is 1. The molecule has 1 aromatic carbocycles. The number of nitrogens with one attached hydrogen (secondary N) is 3. The van der Waals surface area contributed by atoms with Crippen LogP contribution in [-0.2, 0) is 0 Å². The Balaban J connectivity index is 1.32. The molecule has 2 aliphatic rings. The van der Waals surface area contributed by atoms with Gasteiger partial charge in [-0.1, -0.05) is 18.6 Å². The topological polar surface area (TPSA) is 118 Å². The molecule has 188 valence electrons. The number of nitrogens with zero attached hydrogens (tertiary/aromatic N) is 6. The highest BCUT2D eigenvalue weighted by molar-refractivity contribution is 5.94. The Hall–Kier alpha value is -4.03. The van der Waals surface area contributed by atoms with Crippen molar-refractivity contribution in [1.82, 2.24) is 30.0 Å². The third-order valence-electron chi connectivity index (χ3n) is 7.59. The molecule has 0 aliphatic carbocycles. The summed E-state index contributed by atoms with van der Waals surface area (Å²) in [4.78, 5) is 16.7. The van der Waals surface area contributed by atoms with Crippen LogP contribution in [0.2, 0.25) is 0 Å². The zero-order valence-electron chi connectivity index (χ0n) is 21.0. The van der Waals surface area contributed by atoms with Crippen LogP contribution in [-0.4, -0.2) is 54.7 Å². The summed E-state index contributed by atoms with van der Waals surface area (Å²) in [6, 6.07) is 15.8. The second-order valence-corrected chi connectivity index (χ2v) is 10.1. The van der Waals surface area contributed by atoms with E-state index in [1.807, 2.05) is 25.3 Å². The van der Waals surface area contributed by atoms with E-state index in [-0.39, 0.29) is 0 Å². The van der Waals surface area contributed by atoms with E-state index in [0.717, 1.165) is 58.7 Å². The van der Waals surface area contributed by atoms with Gasteiger partial charge in [0, 0.05) is 66.2 Å². The molecule has 2 saturated heterocycles. The lowest BCUT2D eigenvalue weighted by atomic mass is 9.81. The molecule has 2 aliphatic heterocycles. The SMILES string of the molecule is Cc1cc(Nc2nc(NC3C[C@H]4CCC[C@@H](C3)N4CCC#N)nc3cc(-c4cccnc4)ccc23)n[nH]1. The van der Waals surface area contributed by atoms with Crippen molar-refractivity contribution in [1.29, 1.82) is 5.26 Å². The number of anilines is 3. The molecule has 5 heterocycles. The number of aromatic amines is 1. The normalized spacial score (nSPS) is 21.5. The van der Waals surface area contributed by atoms with Gasteiger partial charge in [-0.3, -0.25) is 15.0 Å². The Bertz CT molecular complexity index is 1410. The largest absolute Gasteiger partial charge is 0.351 e. The number of rotatable bonds is 7. The molecular weight excluding hydrogens is 462 g/mol. The van der Waals surface area contributed by atoms with Crippen LogP contribution in [0, 0.1) is 18.3 Å². The zero-order chi connectivity index (χ0) is 25.2. The predicted molar refractivity (Wildman–Crippen MR) is 144 cm³/mol. The number of aryl methyl sites for hydroxylation is 1. The van der Waals surface area contributed by atoms with Crippen molar-refractivity contribution >= 4 is 28.5 Å². The second-order valence-electron chi connectivity index (χ2n) is 10.1. The minimum atomic E-state index is 0.299. The summed E-state index contributed by atoms with van der Waals surface area (Å²) in [7, 11) is 0. The monoisotopic (exact) mass is 493 g/mol. The molecule has 0 amide bonds. The van der Waals surface area contributed by atoms with E-state index in [4.69, 9.17) is 15.2 Å². The van der Waals surface area contributed by atoms with Gasteiger partial charge in [0.15, 0.2) is 5.82 Å². The van der Waals surface area contributed by atoms with Crippen LogP contribution < -0.4 is 10.6 Å². The molecule has 2 bridgehead atoms. The van der Waals surface area contributed by atoms with E-state index in [1.165, 1.54) is 19.3 Å². The lowest BCUT2D eigenvalue weighted by Gasteiger charge is -2.48. The first-order valence-corrected chi connectivity index (χ1v) is 13.1. The molecule has 9 heteroatoms. The highest BCUT2D eigenvalue weighted by Crippen LogP contribution is 2.36. The smallest absolute Gasteiger partial charge is 0.225 e. The number of aromatic nitrogens is 5. The lowest BCUT2D eigenvalue weighted by molar-refractivity contribution is 0.0369. The molecule has 3 aromatic heterocycles. The summed E-state index contributed by atoms with van der Waals surface area (Å²) >= 11 is 0. The molecule has 4 aromatic rings. The molecule has 1 unspecified atom stereocenters. The first-order valence-electron chi connectivity index (χ1n) is 13.1. The number of pyridine rings is 1. The fourth-order valence-electron chi connectivity index (χ4n) is 5.93. The van der Waals surface area contributed by atoms with Crippen molar-refractivity contribution in [2.45, 2.75) is 63.6 Å². The van der Waals surface area contributed by atoms with Crippen LogP contribution in [0.25, 0.3) is 22.0 Å². The molecule has 0 spiro atoms.